The number of aromatic nitrogens is 2. The van der Waals surface area contributed by atoms with Gasteiger partial charge in [-0.15, -0.1) is 0 Å². The van der Waals surface area contributed by atoms with E-state index in [9.17, 15) is 4.79 Å². The second-order valence-electron chi connectivity index (χ2n) is 8.20. The van der Waals surface area contributed by atoms with Gasteiger partial charge in [0.1, 0.15) is 29.6 Å². The molecule has 1 aliphatic heterocycles. The summed E-state index contributed by atoms with van der Waals surface area (Å²) in [6, 6.07) is 19.3. The van der Waals surface area contributed by atoms with Gasteiger partial charge in [-0.05, 0) is 32.0 Å². The van der Waals surface area contributed by atoms with Crippen LogP contribution in [0.25, 0.3) is 11.0 Å². The molecule has 0 saturated carbocycles. The lowest BCUT2D eigenvalue weighted by Crippen LogP contribution is -2.49. The molecule has 3 heterocycles. The minimum atomic E-state index is -0.104. The maximum Gasteiger partial charge on any atom is 0.290 e. The van der Waals surface area contributed by atoms with E-state index in [-0.39, 0.29) is 12.5 Å². The molecule has 0 aliphatic carbocycles. The number of furan rings is 1. The third kappa shape index (κ3) is 4.39. The predicted molar refractivity (Wildman–Crippen MR) is 127 cm³/mol. The van der Waals surface area contributed by atoms with E-state index in [4.69, 9.17) is 9.15 Å². The number of hydrogen-bond donors (Lipinski definition) is 0. The van der Waals surface area contributed by atoms with Crippen LogP contribution < -0.4 is 9.64 Å². The number of fused-ring (bicyclic) bond motifs is 1. The SMILES string of the molecule is Cc1cc(N2CCN(C(=O)c3oc4ccccc4c3COc3ccccc3)CC2)nc(C)n1. The number of piperazine rings is 1. The molecule has 0 N–H and O–H groups in total. The highest BCUT2D eigenvalue weighted by atomic mass is 16.5. The van der Waals surface area contributed by atoms with Crippen molar-refractivity contribution in [2.75, 3.05) is 31.1 Å². The monoisotopic (exact) mass is 442 g/mol. The summed E-state index contributed by atoms with van der Waals surface area (Å²) in [7, 11) is 0. The van der Waals surface area contributed by atoms with Gasteiger partial charge in [-0.2, -0.15) is 0 Å². The lowest BCUT2D eigenvalue weighted by atomic mass is 10.1. The zero-order valence-corrected chi connectivity index (χ0v) is 18.8. The Kier molecular flexibility index (Phi) is 5.69. The van der Waals surface area contributed by atoms with Gasteiger partial charge in [0.25, 0.3) is 5.91 Å². The van der Waals surface area contributed by atoms with E-state index in [2.05, 4.69) is 14.9 Å². The smallest absolute Gasteiger partial charge is 0.290 e. The number of rotatable bonds is 5. The van der Waals surface area contributed by atoms with E-state index in [1.165, 1.54) is 0 Å². The van der Waals surface area contributed by atoms with Crippen molar-refractivity contribution in [2.45, 2.75) is 20.5 Å². The molecule has 1 aliphatic rings. The number of hydrogen-bond acceptors (Lipinski definition) is 6. The number of carbonyl (C=O) groups excluding carboxylic acids is 1. The molecule has 168 valence electrons. The molecule has 1 saturated heterocycles. The number of amides is 1. The number of ether oxygens (including phenoxy) is 1. The highest BCUT2D eigenvalue weighted by Crippen LogP contribution is 2.29. The summed E-state index contributed by atoms with van der Waals surface area (Å²) in [5, 5.41) is 0.905. The van der Waals surface area contributed by atoms with Gasteiger partial charge in [-0.1, -0.05) is 36.4 Å². The van der Waals surface area contributed by atoms with Crippen LogP contribution in [0, 0.1) is 13.8 Å². The minimum absolute atomic E-state index is 0.104. The lowest BCUT2D eigenvalue weighted by Gasteiger charge is -2.35. The van der Waals surface area contributed by atoms with Crippen LogP contribution in [0.15, 0.2) is 65.1 Å². The van der Waals surface area contributed by atoms with Crippen molar-refractivity contribution in [1.82, 2.24) is 14.9 Å². The van der Waals surface area contributed by atoms with Gasteiger partial charge in [0.05, 0.1) is 0 Å². The van der Waals surface area contributed by atoms with Gasteiger partial charge >= 0.3 is 0 Å². The minimum Gasteiger partial charge on any atom is -0.489 e. The molecule has 0 unspecified atom stereocenters. The van der Waals surface area contributed by atoms with Crippen LogP contribution >= 0.6 is 0 Å². The van der Waals surface area contributed by atoms with Crippen LogP contribution in [0.4, 0.5) is 5.82 Å². The molecular weight excluding hydrogens is 416 g/mol. The fourth-order valence-corrected chi connectivity index (χ4v) is 4.23. The first-order valence-electron chi connectivity index (χ1n) is 11.1. The third-order valence-electron chi connectivity index (χ3n) is 5.86. The predicted octanol–water partition coefficient (Wildman–Crippen LogP) is 4.38. The zero-order chi connectivity index (χ0) is 22.8. The van der Waals surface area contributed by atoms with Gasteiger partial charge in [-0.25, -0.2) is 9.97 Å². The zero-order valence-electron chi connectivity index (χ0n) is 18.8. The van der Waals surface area contributed by atoms with Gasteiger partial charge in [0.15, 0.2) is 5.76 Å². The van der Waals surface area contributed by atoms with E-state index in [1.807, 2.05) is 79.4 Å². The van der Waals surface area contributed by atoms with E-state index >= 15 is 0 Å². The third-order valence-corrected chi connectivity index (χ3v) is 5.86. The average molecular weight is 443 g/mol. The first kappa shape index (κ1) is 21.0. The molecule has 0 spiro atoms. The number of carbonyl (C=O) groups is 1. The topological polar surface area (TPSA) is 71.7 Å². The molecule has 4 aromatic rings. The molecular formula is C26H26N4O3. The molecule has 0 atom stereocenters. The van der Waals surface area contributed by atoms with E-state index < -0.39 is 0 Å². The molecule has 33 heavy (non-hydrogen) atoms. The Morgan fingerprint density at radius 3 is 2.45 bits per heavy atom. The summed E-state index contributed by atoms with van der Waals surface area (Å²) in [4.78, 5) is 26.4. The van der Waals surface area contributed by atoms with Gasteiger partial charge in [0.2, 0.25) is 0 Å². The molecule has 1 fully saturated rings. The molecule has 7 nitrogen and oxygen atoms in total. The highest BCUT2D eigenvalue weighted by Gasteiger charge is 2.28. The van der Waals surface area contributed by atoms with Crippen LogP contribution in [-0.4, -0.2) is 47.0 Å². The normalized spacial score (nSPS) is 14.0. The summed E-state index contributed by atoms with van der Waals surface area (Å²) < 4.78 is 12.0. The highest BCUT2D eigenvalue weighted by molar-refractivity contribution is 5.99. The van der Waals surface area contributed by atoms with Crippen LogP contribution in [-0.2, 0) is 6.61 Å². The molecule has 1 amide bonds. The van der Waals surface area contributed by atoms with E-state index in [0.29, 0.717) is 37.5 Å². The summed E-state index contributed by atoms with van der Waals surface area (Å²) in [5.41, 5.74) is 2.42. The van der Waals surface area contributed by atoms with Gasteiger partial charge in [-0.3, -0.25) is 4.79 Å². The van der Waals surface area contributed by atoms with Crippen LogP contribution in [0.5, 0.6) is 5.75 Å². The molecule has 0 bridgehead atoms. The van der Waals surface area contributed by atoms with Crippen molar-refractivity contribution in [3.8, 4) is 5.75 Å². The fourth-order valence-electron chi connectivity index (χ4n) is 4.23. The van der Waals surface area contributed by atoms with Crippen molar-refractivity contribution >= 4 is 22.7 Å². The van der Waals surface area contributed by atoms with Crippen molar-refractivity contribution < 1.29 is 13.9 Å². The Bertz CT molecular complexity index is 1260. The summed E-state index contributed by atoms with van der Waals surface area (Å²) >= 11 is 0. The van der Waals surface area contributed by atoms with Crippen LogP contribution in [0.2, 0.25) is 0 Å². The number of para-hydroxylation sites is 2. The Morgan fingerprint density at radius 1 is 0.970 bits per heavy atom. The second kappa shape index (κ2) is 8.94. The molecule has 0 radical (unpaired) electrons. The second-order valence-corrected chi connectivity index (χ2v) is 8.20. The molecule has 2 aromatic heterocycles. The maximum absolute atomic E-state index is 13.5. The summed E-state index contributed by atoms with van der Waals surface area (Å²) in [6.45, 7) is 6.74. The first-order chi connectivity index (χ1) is 16.1. The molecule has 7 heteroatoms. The van der Waals surface area contributed by atoms with Crippen molar-refractivity contribution in [2.24, 2.45) is 0 Å². The Balaban J connectivity index is 1.35. The number of benzene rings is 2. The quantitative estimate of drug-likeness (QED) is 0.457. The number of anilines is 1. The molecule has 2 aromatic carbocycles. The van der Waals surface area contributed by atoms with Crippen molar-refractivity contribution in [1.29, 1.82) is 0 Å². The van der Waals surface area contributed by atoms with Gasteiger partial charge < -0.3 is 19.0 Å². The maximum atomic E-state index is 13.5. The average Bonchev–Trinajstić information content (AvgIpc) is 3.21. The van der Waals surface area contributed by atoms with Gasteiger partial charge in [0, 0.05) is 48.9 Å². The van der Waals surface area contributed by atoms with Crippen molar-refractivity contribution in [3.05, 3.63) is 83.5 Å². The van der Waals surface area contributed by atoms with Crippen molar-refractivity contribution in [3.63, 3.8) is 0 Å². The summed E-state index contributed by atoms with van der Waals surface area (Å²) in [5.74, 6) is 2.67. The Morgan fingerprint density at radius 2 is 1.70 bits per heavy atom. The largest absolute Gasteiger partial charge is 0.489 e. The van der Waals surface area contributed by atoms with E-state index in [0.717, 1.165) is 34.0 Å². The Labute approximate surface area is 192 Å². The fraction of sp³-hybridized carbons (Fsp3) is 0.269. The lowest BCUT2D eigenvalue weighted by molar-refractivity contribution is 0.0713. The summed E-state index contributed by atoms with van der Waals surface area (Å²) in [6.07, 6.45) is 0. The number of nitrogens with zero attached hydrogens (tertiary/aromatic N) is 4. The number of aryl methyl sites for hydroxylation is 2. The van der Waals surface area contributed by atoms with E-state index in [1.54, 1.807) is 0 Å². The standard InChI is InChI=1S/C26H26N4O3/c1-18-16-24(28-19(2)27-18)29-12-14-30(15-13-29)26(31)25-22(17-32-20-8-4-3-5-9-20)21-10-6-7-11-23(21)33-25/h3-11,16H,12-15,17H2,1-2H3. The molecule has 5 rings (SSSR count). The Hall–Kier alpha value is -3.87. The van der Waals surface area contributed by atoms with Crippen LogP contribution in [0.3, 0.4) is 0 Å². The van der Waals surface area contributed by atoms with Crippen LogP contribution in [0.1, 0.15) is 27.6 Å². The first-order valence-corrected chi connectivity index (χ1v) is 11.1.